The molecule has 4 heteroatoms. The number of hydrogen-bond donors (Lipinski definition) is 1. The monoisotopic (exact) mass is 242 g/mol. The zero-order valence-electron chi connectivity index (χ0n) is 10.0. The summed E-state index contributed by atoms with van der Waals surface area (Å²) in [6, 6.07) is 3.62. The second-order valence-corrected chi connectivity index (χ2v) is 4.95. The van der Waals surface area contributed by atoms with E-state index in [9.17, 15) is 0 Å². The van der Waals surface area contributed by atoms with Crippen molar-refractivity contribution in [2.75, 3.05) is 7.11 Å². The minimum Gasteiger partial charge on any atom is -0.379 e. The van der Waals surface area contributed by atoms with Crippen LogP contribution >= 0.6 is 11.6 Å². The van der Waals surface area contributed by atoms with Gasteiger partial charge in [-0.15, -0.1) is 0 Å². The molecular weight excluding hydrogens is 224 g/mol. The minimum absolute atomic E-state index is 0.0632. The lowest BCUT2D eigenvalue weighted by molar-refractivity contribution is 0.0124. The molecule has 0 fully saturated rings. The summed E-state index contributed by atoms with van der Waals surface area (Å²) in [5.74, 6) is 0. The normalized spacial score (nSPS) is 13.8. The van der Waals surface area contributed by atoms with Crippen molar-refractivity contribution in [2.45, 2.75) is 38.3 Å². The largest absolute Gasteiger partial charge is 0.379 e. The van der Waals surface area contributed by atoms with Gasteiger partial charge >= 0.3 is 0 Å². The van der Waals surface area contributed by atoms with Crippen molar-refractivity contribution in [3.8, 4) is 0 Å². The number of aromatic nitrogens is 1. The SMILES string of the molecule is COC(C)(C)CCC(N)c1ccc(Cl)cn1. The summed E-state index contributed by atoms with van der Waals surface area (Å²) >= 11 is 5.77. The molecule has 2 N–H and O–H groups in total. The maximum atomic E-state index is 6.05. The van der Waals surface area contributed by atoms with E-state index in [0.717, 1.165) is 18.5 Å². The third-order valence-corrected chi connectivity index (χ3v) is 2.96. The van der Waals surface area contributed by atoms with Gasteiger partial charge in [-0.2, -0.15) is 0 Å². The quantitative estimate of drug-likeness (QED) is 0.864. The fourth-order valence-electron chi connectivity index (χ4n) is 1.36. The van der Waals surface area contributed by atoms with Crippen LogP contribution in [0, 0.1) is 0 Å². The Bertz CT molecular complexity index is 324. The van der Waals surface area contributed by atoms with Gasteiger partial charge in [-0.1, -0.05) is 11.6 Å². The van der Waals surface area contributed by atoms with Gasteiger partial charge in [0.15, 0.2) is 0 Å². The third-order valence-electron chi connectivity index (χ3n) is 2.74. The fraction of sp³-hybridized carbons (Fsp3) is 0.583. The summed E-state index contributed by atoms with van der Waals surface area (Å²) in [6.45, 7) is 4.10. The smallest absolute Gasteiger partial charge is 0.0623 e. The highest BCUT2D eigenvalue weighted by molar-refractivity contribution is 6.30. The molecular formula is C12H19ClN2O. The van der Waals surface area contributed by atoms with E-state index in [-0.39, 0.29) is 11.6 Å². The van der Waals surface area contributed by atoms with Crippen LogP contribution in [0.15, 0.2) is 18.3 Å². The average molecular weight is 243 g/mol. The Morgan fingerprint density at radius 2 is 2.19 bits per heavy atom. The molecule has 0 aliphatic carbocycles. The molecule has 1 atom stereocenters. The van der Waals surface area contributed by atoms with E-state index in [1.54, 1.807) is 13.3 Å². The van der Waals surface area contributed by atoms with E-state index < -0.39 is 0 Å². The highest BCUT2D eigenvalue weighted by Crippen LogP contribution is 2.22. The highest BCUT2D eigenvalue weighted by atomic mass is 35.5. The molecule has 1 heterocycles. The summed E-state index contributed by atoms with van der Waals surface area (Å²) < 4.78 is 5.35. The van der Waals surface area contributed by atoms with Crippen molar-refractivity contribution < 1.29 is 4.74 Å². The van der Waals surface area contributed by atoms with Crippen molar-refractivity contribution >= 4 is 11.6 Å². The molecule has 0 spiro atoms. The maximum Gasteiger partial charge on any atom is 0.0623 e. The predicted octanol–water partition coefficient (Wildman–Crippen LogP) is 2.94. The molecule has 1 unspecified atom stereocenters. The second-order valence-electron chi connectivity index (χ2n) is 4.51. The van der Waals surface area contributed by atoms with Crippen LogP contribution in [-0.4, -0.2) is 17.7 Å². The van der Waals surface area contributed by atoms with Crippen LogP contribution in [0.4, 0.5) is 0 Å². The Balaban J connectivity index is 2.53. The van der Waals surface area contributed by atoms with Gasteiger partial charge < -0.3 is 10.5 Å². The molecule has 0 saturated heterocycles. The molecule has 1 aromatic rings. The van der Waals surface area contributed by atoms with Crippen LogP contribution in [-0.2, 0) is 4.74 Å². The Morgan fingerprint density at radius 3 is 2.69 bits per heavy atom. The minimum atomic E-state index is -0.135. The standard InChI is InChI=1S/C12H19ClN2O/c1-12(2,16-3)7-6-10(14)11-5-4-9(13)8-15-11/h4-5,8,10H,6-7,14H2,1-3H3. The number of pyridine rings is 1. The van der Waals surface area contributed by atoms with Gasteiger partial charge in [0, 0.05) is 19.3 Å². The van der Waals surface area contributed by atoms with Gasteiger partial charge in [0.1, 0.15) is 0 Å². The summed E-state index contributed by atoms with van der Waals surface area (Å²) in [5, 5.41) is 0.633. The highest BCUT2D eigenvalue weighted by Gasteiger charge is 2.18. The van der Waals surface area contributed by atoms with Gasteiger partial charge in [-0.25, -0.2) is 0 Å². The topological polar surface area (TPSA) is 48.1 Å². The van der Waals surface area contributed by atoms with E-state index in [1.165, 1.54) is 0 Å². The number of halogens is 1. The van der Waals surface area contributed by atoms with Gasteiger partial charge in [-0.3, -0.25) is 4.98 Å². The molecule has 0 amide bonds. The lowest BCUT2D eigenvalue weighted by Crippen LogP contribution is -2.25. The average Bonchev–Trinajstić information content (AvgIpc) is 2.27. The Labute approximate surface area is 102 Å². The molecule has 0 aliphatic rings. The van der Waals surface area contributed by atoms with E-state index >= 15 is 0 Å². The fourth-order valence-corrected chi connectivity index (χ4v) is 1.47. The molecule has 1 rings (SSSR count). The number of hydrogen-bond acceptors (Lipinski definition) is 3. The molecule has 3 nitrogen and oxygen atoms in total. The van der Waals surface area contributed by atoms with Crippen molar-refractivity contribution in [3.63, 3.8) is 0 Å². The molecule has 0 saturated carbocycles. The van der Waals surface area contributed by atoms with E-state index in [0.29, 0.717) is 5.02 Å². The van der Waals surface area contributed by atoms with E-state index in [4.69, 9.17) is 22.1 Å². The number of nitrogens with zero attached hydrogens (tertiary/aromatic N) is 1. The molecule has 0 aromatic carbocycles. The first-order valence-electron chi connectivity index (χ1n) is 5.37. The molecule has 1 aromatic heterocycles. The number of ether oxygens (including phenoxy) is 1. The van der Waals surface area contributed by atoms with Gasteiger partial charge in [0.25, 0.3) is 0 Å². The van der Waals surface area contributed by atoms with Gasteiger partial charge in [0.05, 0.1) is 16.3 Å². The van der Waals surface area contributed by atoms with Crippen LogP contribution in [0.5, 0.6) is 0 Å². The summed E-state index contributed by atoms with van der Waals surface area (Å²) in [7, 11) is 1.71. The number of methoxy groups -OCH3 is 1. The zero-order chi connectivity index (χ0) is 12.2. The summed E-state index contributed by atoms with van der Waals surface area (Å²) in [4.78, 5) is 4.21. The Hall–Kier alpha value is -0.640. The lowest BCUT2D eigenvalue weighted by atomic mass is 9.97. The number of nitrogens with two attached hydrogens (primary N) is 1. The molecule has 90 valence electrons. The van der Waals surface area contributed by atoms with Crippen molar-refractivity contribution in [2.24, 2.45) is 5.73 Å². The van der Waals surface area contributed by atoms with E-state index in [1.807, 2.05) is 12.1 Å². The molecule has 0 bridgehead atoms. The zero-order valence-corrected chi connectivity index (χ0v) is 10.8. The lowest BCUT2D eigenvalue weighted by Gasteiger charge is -2.24. The molecule has 0 radical (unpaired) electrons. The summed E-state index contributed by atoms with van der Waals surface area (Å²) in [5.41, 5.74) is 6.78. The van der Waals surface area contributed by atoms with Crippen molar-refractivity contribution in [3.05, 3.63) is 29.0 Å². The van der Waals surface area contributed by atoms with E-state index in [2.05, 4.69) is 18.8 Å². The predicted molar refractivity (Wildman–Crippen MR) is 66.5 cm³/mol. The van der Waals surface area contributed by atoms with Crippen LogP contribution in [0.2, 0.25) is 5.02 Å². The van der Waals surface area contributed by atoms with Crippen LogP contribution in [0.1, 0.15) is 38.4 Å². The maximum absolute atomic E-state index is 6.05. The molecule has 0 aliphatic heterocycles. The van der Waals surface area contributed by atoms with Crippen molar-refractivity contribution in [1.82, 2.24) is 4.98 Å². The van der Waals surface area contributed by atoms with Crippen LogP contribution in [0.25, 0.3) is 0 Å². The first kappa shape index (κ1) is 13.4. The number of rotatable bonds is 5. The summed E-state index contributed by atoms with van der Waals surface area (Å²) in [6.07, 6.45) is 3.36. The Kier molecular flexibility index (Phi) is 4.71. The first-order valence-corrected chi connectivity index (χ1v) is 5.74. The first-order chi connectivity index (χ1) is 7.44. The van der Waals surface area contributed by atoms with Crippen LogP contribution in [0.3, 0.4) is 0 Å². The van der Waals surface area contributed by atoms with Crippen molar-refractivity contribution in [1.29, 1.82) is 0 Å². The Morgan fingerprint density at radius 1 is 1.50 bits per heavy atom. The van der Waals surface area contributed by atoms with Crippen LogP contribution < -0.4 is 5.73 Å². The second kappa shape index (κ2) is 5.62. The van der Waals surface area contributed by atoms with Gasteiger partial charge in [0.2, 0.25) is 0 Å². The molecule has 16 heavy (non-hydrogen) atoms. The third kappa shape index (κ3) is 4.08. The van der Waals surface area contributed by atoms with Gasteiger partial charge in [-0.05, 0) is 38.8 Å².